The molecule has 0 unspecified atom stereocenters. The van der Waals surface area contributed by atoms with Crippen LogP contribution in [-0.2, 0) is 0 Å². The quantitative estimate of drug-likeness (QED) is 0.555. The van der Waals surface area contributed by atoms with Crippen molar-refractivity contribution in [1.29, 1.82) is 0 Å². The largest absolute Gasteiger partial charge is 0.312 e. The maximum absolute atomic E-state index is 4.83. The lowest BCUT2D eigenvalue weighted by Crippen LogP contribution is -2.40. The van der Waals surface area contributed by atoms with Crippen molar-refractivity contribution < 1.29 is 0 Å². The number of H-pyrrole nitrogens is 1. The van der Waals surface area contributed by atoms with Crippen LogP contribution in [0, 0.1) is 13.8 Å². The third-order valence-electron chi connectivity index (χ3n) is 4.72. The van der Waals surface area contributed by atoms with E-state index in [9.17, 15) is 0 Å². The van der Waals surface area contributed by atoms with Gasteiger partial charge in [-0.1, -0.05) is 54.1 Å². The molecule has 26 heavy (non-hydrogen) atoms. The third-order valence-corrected chi connectivity index (χ3v) is 8.80. The van der Waals surface area contributed by atoms with Crippen LogP contribution in [0.25, 0.3) is 0 Å². The summed E-state index contributed by atoms with van der Waals surface area (Å²) in [5.41, 5.74) is 3.41. The fraction of sp³-hybridized carbons (Fsp3) is 0.0870. The Kier molecular flexibility index (Phi) is 4.44. The van der Waals surface area contributed by atoms with Crippen LogP contribution >= 0.6 is 7.26 Å². The van der Waals surface area contributed by atoms with Crippen LogP contribution in [0.4, 0.5) is 0 Å². The number of aryl methyl sites for hydroxylation is 2. The van der Waals surface area contributed by atoms with Gasteiger partial charge in [-0.25, -0.2) is 4.98 Å². The summed E-state index contributed by atoms with van der Waals surface area (Å²) in [6.07, 6.45) is 1.93. The second kappa shape index (κ2) is 6.90. The van der Waals surface area contributed by atoms with Gasteiger partial charge in [0.15, 0.2) is 7.26 Å². The zero-order valence-corrected chi connectivity index (χ0v) is 15.9. The Labute approximate surface area is 155 Å². The van der Waals surface area contributed by atoms with E-state index in [-0.39, 0.29) is 0 Å². The molecule has 0 aliphatic rings. The minimum atomic E-state index is -2.07. The summed E-state index contributed by atoms with van der Waals surface area (Å²) in [4.78, 5) is 8.40. The number of rotatable bonds is 4. The van der Waals surface area contributed by atoms with Crippen LogP contribution in [0.2, 0.25) is 0 Å². The smallest absolute Gasteiger partial charge is 0.270 e. The lowest BCUT2D eigenvalue weighted by atomic mass is 10.2. The summed E-state index contributed by atoms with van der Waals surface area (Å²) in [5, 5.41) is 3.93. The molecular formula is C23H22N2P+. The summed E-state index contributed by atoms with van der Waals surface area (Å²) in [5.74, 6) is 0. The maximum Gasteiger partial charge on any atom is 0.270 e. The Morgan fingerprint density at radius 2 is 1.15 bits per heavy atom. The van der Waals surface area contributed by atoms with Crippen molar-refractivity contribution in [3.05, 3.63) is 102 Å². The standard InChI is InChI=1S/C23H22N2P/c1-18-13-15-22(16-14-18)26(20-9-5-3-6-10-20,21-11-7-4-8-12-21)23-24-17-19(2)25-23/h3-17H,1-2H3,(H,24,25)/q+1. The van der Waals surface area contributed by atoms with Gasteiger partial charge in [0.2, 0.25) is 0 Å². The number of nitrogens with zero attached hydrogens (tertiary/aromatic N) is 1. The van der Waals surface area contributed by atoms with E-state index in [0.717, 1.165) is 11.3 Å². The van der Waals surface area contributed by atoms with Gasteiger partial charge in [-0.2, -0.15) is 0 Å². The number of nitrogens with one attached hydrogen (secondary N) is 1. The highest BCUT2D eigenvalue weighted by molar-refractivity contribution is 8.01. The van der Waals surface area contributed by atoms with Crippen LogP contribution in [0.3, 0.4) is 0 Å². The fourth-order valence-corrected chi connectivity index (χ4v) is 7.49. The first kappa shape index (κ1) is 16.8. The zero-order valence-electron chi connectivity index (χ0n) is 15.1. The van der Waals surface area contributed by atoms with E-state index in [1.54, 1.807) is 0 Å². The van der Waals surface area contributed by atoms with Gasteiger partial charge in [-0.15, -0.1) is 0 Å². The first-order valence-corrected chi connectivity index (χ1v) is 10.6. The first-order valence-electron chi connectivity index (χ1n) is 8.81. The third kappa shape index (κ3) is 2.77. The van der Waals surface area contributed by atoms with E-state index in [0.29, 0.717) is 0 Å². The lowest BCUT2D eigenvalue weighted by molar-refractivity contribution is 1.29. The van der Waals surface area contributed by atoms with Gasteiger partial charge >= 0.3 is 0 Å². The molecule has 0 fully saturated rings. The molecule has 0 bridgehead atoms. The highest BCUT2D eigenvalue weighted by atomic mass is 31.2. The molecule has 0 aliphatic carbocycles. The van der Waals surface area contributed by atoms with E-state index in [1.165, 1.54) is 21.5 Å². The van der Waals surface area contributed by atoms with Crippen molar-refractivity contribution in [2.24, 2.45) is 0 Å². The van der Waals surface area contributed by atoms with Crippen molar-refractivity contribution in [3.63, 3.8) is 0 Å². The van der Waals surface area contributed by atoms with Crippen molar-refractivity contribution >= 4 is 28.7 Å². The Morgan fingerprint density at radius 3 is 1.62 bits per heavy atom. The number of aromatic amines is 1. The van der Waals surface area contributed by atoms with Gasteiger partial charge in [0.1, 0.15) is 15.9 Å². The van der Waals surface area contributed by atoms with Crippen LogP contribution in [0.1, 0.15) is 11.3 Å². The molecule has 0 saturated carbocycles. The summed E-state index contributed by atoms with van der Waals surface area (Å²) in [6, 6.07) is 30.5. The predicted molar refractivity (Wildman–Crippen MR) is 113 cm³/mol. The van der Waals surface area contributed by atoms with Crippen LogP contribution in [0.15, 0.2) is 91.1 Å². The summed E-state index contributed by atoms with van der Waals surface area (Å²) in [6.45, 7) is 4.20. The minimum absolute atomic E-state index is 1.05. The molecule has 1 aromatic heterocycles. The monoisotopic (exact) mass is 357 g/mol. The Balaban J connectivity index is 2.11. The van der Waals surface area contributed by atoms with Gasteiger partial charge in [-0.3, -0.25) is 0 Å². The molecule has 3 aromatic carbocycles. The SMILES string of the molecule is Cc1ccc([P+](c2ccccc2)(c2ccccc2)c2ncc(C)[nH]2)cc1. The van der Waals surface area contributed by atoms with E-state index < -0.39 is 7.26 Å². The zero-order chi connectivity index (χ0) is 18.0. The van der Waals surface area contributed by atoms with Crippen molar-refractivity contribution in [2.45, 2.75) is 13.8 Å². The fourth-order valence-electron chi connectivity index (χ4n) is 3.45. The van der Waals surface area contributed by atoms with E-state index in [4.69, 9.17) is 4.98 Å². The van der Waals surface area contributed by atoms with Crippen LogP contribution in [-0.4, -0.2) is 9.97 Å². The van der Waals surface area contributed by atoms with Gasteiger partial charge < -0.3 is 4.98 Å². The molecule has 1 N–H and O–H groups in total. The normalized spacial score (nSPS) is 11.5. The Bertz CT molecular complexity index is 950. The molecular weight excluding hydrogens is 335 g/mol. The first-order chi connectivity index (χ1) is 12.7. The molecule has 1 heterocycles. The number of hydrogen-bond acceptors (Lipinski definition) is 1. The average Bonchev–Trinajstić information content (AvgIpc) is 3.12. The molecule has 0 amide bonds. The Morgan fingerprint density at radius 1 is 0.654 bits per heavy atom. The second-order valence-corrected chi connectivity index (χ2v) is 9.88. The molecule has 0 spiro atoms. The highest BCUT2D eigenvalue weighted by Gasteiger charge is 2.50. The molecule has 128 valence electrons. The molecule has 0 radical (unpaired) electrons. The number of hydrogen-bond donors (Lipinski definition) is 1. The molecule has 0 atom stereocenters. The molecule has 3 heteroatoms. The molecule has 0 saturated heterocycles. The Hall–Kier alpha value is -2.70. The van der Waals surface area contributed by atoms with Crippen molar-refractivity contribution in [3.8, 4) is 0 Å². The molecule has 0 aliphatic heterocycles. The summed E-state index contributed by atoms with van der Waals surface area (Å²) < 4.78 is 0. The van der Waals surface area contributed by atoms with E-state index in [2.05, 4.69) is 104 Å². The van der Waals surface area contributed by atoms with E-state index in [1.807, 2.05) is 6.20 Å². The van der Waals surface area contributed by atoms with Crippen LogP contribution in [0.5, 0.6) is 0 Å². The average molecular weight is 357 g/mol. The van der Waals surface area contributed by atoms with E-state index >= 15 is 0 Å². The number of benzene rings is 3. The molecule has 4 rings (SSSR count). The topological polar surface area (TPSA) is 28.7 Å². The van der Waals surface area contributed by atoms with Crippen LogP contribution < -0.4 is 21.5 Å². The molecule has 4 aromatic rings. The van der Waals surface area contributed by atoms with Gasteiger partial charge in [0.05, 0.1) is 6.20 Å². The van der Waals surface area contributed by atoms with Gasteiger partial charge in [-0.05, 0) is 50.2 Å². The van der Waals surface area contributed by atoms with Crippen molar-refractivity contribution in [2.75, 3.05) is 0 Å². The lowest BCUT2D eigenvalue weighted by Gasteiger charge is -2.24. The number of imidazole rings is 1. The summed E-state index contributed by atoms with van der Waals surface area (Å²) >= 11 is 0. The summed E-state index contributed by atoms with van der Waals surface area (Å²) in [7, 11) is -2.07. The number of aromatic nitrogens is 2. The molecule has 2 nitrogen and oxygen atoms in total. The second-order valence-electron chi connectivity index (χ2n) is 6.57. The van der Waals surface area contributed by atoms with Crippen molar-refractivity contribution in [1.82, 2.24) is 9.97 Å². The highest BCUT2D eigenvalue weighted by Crippen LogP contribution is 2.53. The maximum atomic E-state index is 4.83. The van der Waals surface area contributed by atoms with Gasteiger partial charge in [0, 0.05) is 5.69 Å². The minimum Gasteiger partial charge on any atom is -0.312 e. The van der Waals surface area contributed by atoms with Gasteiger partial charge in [0.25, 0.3) is 5.57 Å². The predicted octanol–water partition coefficient (Wildman–Crippen LogP) is 3.65.